The summed E-state index contributed by atoms with van der Waals surface area (Å²) in [6.45, 7) is 5.49. The van der Waals surface area contributed by atoms with Crippen LogP contribution in [0.15, 0.2) is 24.3 Å². The number of unbranched alkanes of at least 4 members (excludes halogenated alkanes) is 1. The Morgan fingerprint density at radius 3 is 2.45 bits per heavy atom. The molecule has 2 rings (SSSR count). The highest BCUT2D eigenvalue weighted by Crippen LogP contribution is 2.28. The third kappa shape index (κ3) is 11.2. The van der Waals surface area contributed by atoms with Crippen molar-refractivity contribution in [2.75, 3.05) is 40.5 Å². The number of aliphatic hydroxyl groups excluding tert-OH is 1. The van der Waals surface area contributed by atoms with Crippen molar-refractivity contribution in [2.45, 2.75) is 83.5 Å². The molecule has 4 N–H and O–H groups in total. The van der Waals surface area contributed by atoms with E-state index in [0.29, 0.717) is 30.9 Å². The highest BCUT2D eigenvalue weighted by atomic mass is 35.5. The summed E-state index contributed by atoms with van der Waals surface area (Å²) in [5.74, 6) is 0.208. The fraction of sp³-hybridized carbons (Fsp3) is 0.733. The van der Waals surface area contributed by atoms with Gasteiger partial charge in [-0.05, 0) is 62.0 Å². The summed E-state index contributed by atoms with van der Waals surface area (Å²) in [5.41, 5.74) is 6.76. The van der Waals surface area contributed by atoms with Crippen molar-refractivity contribution in [1.82, 2.24) is 9.74 Å². The van der Waals surface area contributed by atoms with Gasteiger partial charge in [-0.2, -0.15) is 0 Å². The van der Waals surface area contributed by atoms with Crippen LogP contribution >= 0.6 is 11.8 Å². The number of nitrogens with two attached hydrogens (primary N) is 1. The monoisotopic (exact) mass is 583 g/mol. The lowest BCUT2D eigenvalue weighted by molar-refractivity contribution is -0.135. The molecule has 0 saturated heterocycles. The van der Waals surface area contributed by atoms with Gasteiger partial charge in [0.15, 0.2) is 0 Å². The van der Waals surface area contributed by atoms with Crippen LogP contribution in [0.4, 0.5) is 0 Å². The van der Waals surface area contributed by atoms with E-state index in [0.717, 1.165) is 38.5 Å². The molecule has 9 nitrogen and oxygen atoms in total. The number of ether oxygens (including phenoxy) is 3. The van der Waals surface area contributed by atoms with Crippen LogP contribution in [-0.4, -0.2) is 80.1 Å². The van der Waals surface area contributed by atoms with E-state index >= 15 is 0 Å². The molecule has 40 heavy (non-hydrogen) atoms. The molecule has 1 aromatic carbocycles. The Bertz CT molecular complexity index is 883. The first-order valence-electron chi connectivity index (χ1n) is 14.6. The van der Waals surface area contributed by atoms with Gasteiger partial charge in [0.1, 0.15) is 11.9 Å². The quantitative estimate of drug-likeness (QED) is 0.175. The lowest BCUT2D eigenvalue weighted by Gasteiger charge is -2.30. The van der Waals surface area contributed by atoms with Gasteiger partial charge in [-0.1, -0.05) is 45.2 Å². The Balaban J connectivity index is 1.90. The second-order valence-electron chi connectivity index (χ2n) is 11.2. The van der Waals surface area contributed by atoms with E-state index in [9.17, 15) is 14.7 Å². The number of hydrogen-bond donors (Lipinski definition) is 3. The first-order chi connectivity index (χ1) is 19.2. The Labute approximate surface area is 245 Å². The molecule has 0 spiro atoms. The number of nitrogens with one attached hydrogen (secondary N) is 1. The molecule has 0 heterocycles. The van der Waals surface area contributed by atoms with Crippen molar-refractivity contribution in [1.29, 1.82) is 0 Å². The van der Waals surface area contributed by atoms with Gasteiger partial charge in [0.25, 0.3) is 5.91 Å². The molecule has 10 heteroatoms. The molecule has 2 amide bonds. The number of nitrogens with zero attached hydrogens (tertiary/aromatic N) is 1. The molecule has 1 aliphatic carbocycles. The van der Waals surface area contributed by atoms with Gasteiger partial charge < -0.3 is 30.4 Å². The van der Waals surface area contributed by atoms with Gasteiger partial charge in [0.05, 0.1) is 18.3 Å². The zero-order valence-corrected chi connectivity index (χ0v) is 25.4. The summed E-state index contributed by atoms with van der Waals surface area (Å²) >= 11 is 6.51. The van der Waals surface area contributed by atoms with Crippen LogP contribution in [0.5, 0.6) is 5.75 Å². The second-order valence-corrected chi connectivity index (χ2v) is 11.6. The van der Waals surface area contributed by atoms with Crippen molar-refractivity contribution in [3.8, 4) is 5.75 Å². The molecule has 0 aliphatic heterocycles. The smallest absolute Gasteiger partial charge is 0.271 e. The lowest BCUT2D eigenvalue weighted by atomic mass is 9.84. The topological polar surface area (TPSA) is 123 Å². The molecule has 228 valence electrons. The van der Waals surface area contributed by atoms with Crippen LogP contribution < -0.4 is 15.8 Å². The van der Waals surface area contributed by atoms with E-state index in [4.69, 9.17) is 31.7 Å². The molecule has 1 aliphatic rings. The summed E-state index contributed by atoms with van der Waals surface area (Å²) < 4.78 is 17.6. The lowest BCUT2D eigenvalue weighted by Crippen LogP contribution is -2.49. The van der Waals surface area contributed by atoms with Crippen LogP contribution in [0.25, 0.3) is 0 Å². The normalized spacial score (nSPS) is 17.2. The van der Waals surface area contributed by atoms with Gasteiger partial charge in [0, 0.05) is 51.7 Å². The van der Waals surface area contributed by atoms with Gasteiger partial charge >= 0.3 is 0 Å². The number of amides is 2. The summed E-state index contributed by atoms with van der Waals surface area (Å²) in [7, 11) is 3.22. The number of halogens is 1. The number of rotatable bonds is 18. The van der Waals surface area contributed by atoms with Gasteiger partial charge in [-0.3, -0.25) is 14.0 Å². The molecule has 0 radical (unpaired) electrons. The number of carbonyl (C=O) groups is 2. The van der Waals surface area contributed by atoms with Crippen LogP contribution in [0, 0.1) is 17.8 Å². The molecule has 1 saturated carbocycles. The third-order valence-corrected chi connectivity index (χ3v) is 8.11. The number of carbonyl (C=O) groups excluding carboxylic acids is 2. The number of hydrogen-bond acceptors (Lipinski definition) is 7. The van der Waals surface area contributed by atoms with Crippen LogP contribution in [0.1, 0.15) is 75.6 Å². The third-order valence-electron chi connectivity index (χ3n) is 7.82. The maximum atomic E-state index is 13.2. The Morgan fingerprint density at radius 1 is 1.12 bits per heavy atom. The predicted octanol–water partition coefficient (Wildman–Crippen LogP) is 4.15. The van der Waals surface area contributed by atoms with E-state index in [1.807, 2.05) is 19.9 Å². The van der Waals surface area contributed by atoms with Crippen molar-refractivity contribution in [3.05, 3.63) is 29.8 Å². The Morgan fingerprint density at radius 2 is 1.80 bits per heavy atom. The molecule has 1 fully saturated rings. The van der Waals surface area contributed by atoms with Crippen molar-refractivity contribution in [3.63, 3.8) is 0 Å². The Kier molecular flexibility index (Phi) is 15.9. The minimum atomic E-state index is -0.944. The molecule has 0 unspecified atom stereocenters. The molecule has 1 aromatic rings. The summed E-state index contributed by atoms with van der Waals surface area (Å²) in [6.07, 6.45) is 6.01. The Hall–Kier alpha value is -1.91. The first kappa shape index (κ1) is 34.3. The van der Waals surface area contributed by atoms with E-state index in [1.165, 1.54) is 10.8 Å². The van der Waals surface area contributed by atoms with Crippen molar-refractivity contribution >= 4 is 23.6 Å². The molecular formula is C30H50ClN3O6. The van der Waals surface area contributed by atoms with E-state index in [-0.39, 0.29) is 42.7 Å². The summed E-state index contributed by atoms with van der Waals surface area (Å²) in [4.78, 5) is 26.0. The number of aliphatic hydroxyl groups is 1. The molecular weight excluding hydrogens is 534 g/mol. The van der Waals surface area contributed by atoms with Crippen LogP contribution in [-0.2, 0) is 14.3 Å². The predicted molar refractivity (Wildman–Crippen MR) is 157 cm³/mol. The van der Waals surface area contributed by atoms with Crippen molar-refractivity contribution in [2.24, 2.45) is 23.5 Å². The first-order valence-corrected chi connectivity index (χ1v) is 15.0. The average Bonchev–Trinajstić information content (AvgIpc) is 2.96. The average molecular weight is 584 g/mol. The van der Waals surface area contributed by atoms with E-state index in [1.54, 1.807) is 32.4 Å². The van der Waals surface area contributed by atoms with Gasteiger partial charge in [-0.15, -0.1) is 0 Å². The SMILES string of the molecule is COCCCCOc1ccccc1C(=O)N(Cl)C[C@@H](C[C@H](N)[C@@H](O)CNC(=O)[C@H](OC)C1CCCCC1)C(C)C. The highest BCUT2D eigenvalue weighted by molar-refractivity contribution is 6.24. The zero-order valence-electron chi connectivity index (χ0n) is 24.6. The summed E-state index contributed by atoms with van der Waals surface area (Å²) in [5, 5.41) is 13.6. The fourth-order valence-electron chi connectivity index (χ4n) is 5.19. The zero-order chi connectivity index (χ0) is 29.5. The maximum absolute atomic E-state index is 13.2. The standard InChI is InChI=1S/C30H50ClN3O6/c1-21(2)23(18-25(32)26(35)19-33-29(36)28(39-4)22-12-6-5-7-13-22)20-34(31)30(37)24-14-8-9-15-27(24)40-17-11-10-16-38-3/h8-9,14-15,21-23,25-26,28,35H,5-7,10-13,16-20,32H2,1-4H3,(H,33,36)/t23-,25+,26+,28-/m1/s1. The molecule has 0 bridgehead atoms. The number of methoxy groups -OCH3 is 2. The molecule has 0 aromatic heterocycles. The number of benzene rings is 1. The highest BCUT2D eigenvalue weighted by Gasteiger charge is 2.31. The largest absolute Gasteiger partial charge is 0.493 e. The summed E-state index contributed by atoms with van der Waals surface area (Å²) in [6, 6.07) is 6.45. The number of para-hydroxylation sites is 1. The molecule has 4 atom stereocenters. The van der Waals surface area contributed by atoms with Gasteiger partial charge in [0.2, 0.25) is 5.91 Å². The second kappa shape index (κ2) is 18.5. The van der Waals surface area contributed by atoms with Crippen LogP contribution in [0.2, 0.25) is 0 Å². The van der Waals surface area contributed by atoms with Crippen LogP contribution in [0.3, 0.4) is 0 Å². The maximum Gasteiger partial charge on any atom is 0.271 e. The van der Waals surface area contributed by atoms with E-state index < -0.39 is 18.2 Å². The minimum Gasteiger partial charge on any atom is -0.493 e. The van der Waals surface area contributed by atoms with Crippen molar-refractivity contribution < 1.29 is 28.9 Å². The fourth-order valence-corrected chi connectivity index (χ4v) is 5.46. The van der Waals surface area contributed by atoms with E-state index in [2.05, 4.69) is 5.32 Å². The minimum absolute atomic E-state index is 0.0377. The van der Waals surface area contributed by atoms with Gasteiger partial charge in [-0.25, -0.2) is 0 Å².